The van der Waals surface area contributed by atoms with Crippen molar-refractivity contribution in [3.63, 3.8) is 0 Å². The second kappa shape index (κ2) is 9.08. The number of benzene rings is 1. The van der Waals surface area contributed by atoms with Crippen LogP contribution in [0.15, 0.2) is 27.9 Å². The minimum absolute atomic E-state index is 0.0120. The van der Waals surface area contributed by atoms with Crippen molar-refractivity contribution in [2.45, 2.75) is 43.5 Å². The smallest absolute Gasteiger partial charge is 0.360 e. The molecule has 0 atom stereocenters. The lowest BCUT2D eigenvalue weighted by Gasteiger charge is -2.15. The van der Waals surface area contributed by atoms with E-state index in [2.05, 4.69) is 5.10 Å². The van der Waals surface area contributed by atoms with Crippen LogP contribution in [0.4, 0.5) is 15.1 Å². The number of nitrogens with one attached hydrogen (secondary N) is 1. The number of carbonyl (C=O) groups is 1. The lowest BCUT2D eigenvalue weighted by Crippen LogP contribution is -2.41. The van der Waals surface area contributed by atoms with Crippen molar-refractivity contribution < 1.29 is 22.3 Å². The van der Waals surface area contributed by atoms with Crippen LogP contribution in [0.5, 0.6) is 5.75 Å². The van der Waals surface area contributed by atoms with Gasteiger partial charge in [-0.05, 0) is 30.9 Å². The van der Waals surface area contributed by atoms with Crippen molar-refractivity contribution in [1.29, 1.82) is 0 Å². The zero-order valence-corrected chi connectivity index (χ0v) is 18.5. The molecule has 1 aliphatic carbocycles. The monoisotopic (exact) mass is 455 g/mol. The van der Waals surface area contributed by atoms with E-state index in [0.717, 1.165) is 12.8 Å². The van der Waals surface area contributed by atoms with Crippen LogP contribution < -0.4 is 20.0 Å². The zero-order chi connectivity index (χ0) is 22.8. The molecule has 1 N–H and O–H groups in total. The van der Waals surface area contributed by atoms with E-state index >= 15 is 0 Å². The summed E-state index contributed by atoms with van der Waals surface area (Å²) in [7, 11) is -1.05. The minimum atomic E-state index is -4.40. The van der Waals surface area contributed by atoms with Gasteiger partial charge in [0.05, 0.1) is 13.3 Å². The molecule has 2 aromatic rings. The molecular formula is C19H26FN5O5S. The first kappa shape index (κ1) is 22.8. The van der Waals surface area contributed by atoms with Gasteiger partial charge in [-0.1, -0.05) is 19.1 Å². The molecule has 1 aromatic heterocycles. The summed E-state index contributed by atoms with van der Waals surface area (Å²) in [6.45, 7) is 1.14. The summed E-state index contributed by atoms with van der Waals surface area (Å²) >= 11 is 0. The van der Waals surface area contributed by atoms with Gasteiger partial charge in [-0.2, -0.15) is 0 Å². The Bertz CT molecular complexity index is 1120. The van der Waals surface area contributed by atoms with Gasteiger partial charge >= 0.3 is 11.7 Å². The summed E-state index contributed by atoms with van der Waals surface area (Å²) in [4.78, 5) is 26.8. The van der Waals surface area contributed by atoms with Crippen LogP contribution in [0.3, 0.4) is 0 Å². The number of alkyl halides is 1. The van der Waals surface area contributed by atoms with Gasteiger partial charge in [0.15, 0.2) is 0 Å². The van der Waals surface area contributed by atoms with Gasteiger partial charge in [-0.25, -0.2) is 22.7 Å². The molecule has 1 aromatic carbocycles. The lowest BCUT2D eigenvalue weighted by molar-refractivity contribution is 0.243. The highest BCUT2D eigenvalue weighted by Gasteiger charge is 2.33. The summed E-state index contributed by atoms with van der Waals surface area (Å²) in [5.41, 5.74) is -0.287. The van der Waals surface area contributed by atoms with Crippen LogP contribution in [-0.4, -0.2) is 56.2 Å². The van der Waals surface area contributed by atoms with E-state index in [4.69, 9.17) is 4.74 Å². The molecule has 0 radical (unpaired) electrons. The standard InChI is InChI=1S/C19H26FN5O5S/c1-4-13-7-5-8-15(30-12-6-11-20)16(13)31(28,29)22-18(26)25-19(27)24(14-9-10-14)17(21-25)23(2)3/h5,7-8,14H,4,6,9-12H2,1-3H3,(H,22,26). The Morgan fingerprint density at radius 3 is 2.65 bits per heavy atom. The molecule has 0 saturated heterocycles. The molecule has 1 heterocycles. The minimum Gasteiger partial charge on any atom is -0.492 e. The number of rotatable bonds is 9. The van der Waals surface area contributed by atoms with Gasteiger partial charge in [0.25, 0.3) is 10.0 Å². The Kier molecular flexibility index (Phi) is 6.68. The van der Waals surface area contributed by atoms with E-state index in [9.17, 15) is 22.4 Å². The number of ether oxygens (including phenoxy) is 1. The Hall–Kier alpha value is -2.89. The highest BCUT2D eigenvalue weighted by atomic mass is 32.2. The third-order valence-electron chi connectivity index (χ3n) is 4.76. The molecular weight excluding hydrogens is 429 g/mol. The normalized spacial score (nSPS) is 13.8. The summed E-state index contributed by atoms with van der Waals surface area (Å²) in [6, 6.07) is 3.41. The molecule has 1 saturated carbocycles. The average Bonchev–Trinajstić information content (AvgIpc) is 3.49. The van der Waals surface area contributed by atoms with E-state index < -0.39 is 28.4 Å². The molecule has 10 nitrogen and oxygen atoms in total. The van der Waals surface area contributed by atoms with Crippen LogP contribution in [0.25, 0.3) is 0 Å². The average molecular weight is 456 g/mol. The van der Waals surface area contributed by atoms with Crippen molar-refractivity contribution in [3.8, 4) is 5.75 Å². The first-order valence-electron chi connectivity index (χ1n) is 9.98. The van der Waals surface area contributed by atoms with E-state index in [1.165, 1.54) is 10.6 Å². The molecule has 1 amide bonds. The molecule has 1 aliphatic rings. The van der Waals surface area contributed by atoms with Gasteiger partial charge < -0.3 is 9.64 Å². The Balaban J connectivity index is 1.95. The molecule has 0 spiro atoms. The van der Waals surface area contributed by atoms with Gasteiger partial charge in [-0.3, -0.25) is 8.96 Å². The van der Waals surface area contributed by atoms with Crippen molar-refractivity contribution in [3.05, 3.63) is 34.2 Å². The highest BCUT2D eigenvalue weighted by molar-refractivity contribution is 7.90. The topological polar surface area (TPSA) is 116 Å². The van der Waals surface area contributed by atoms with Gasteiger partial charge in [0.2, 0.25) is 5.95 Å². The SMILES string of the molecule is CCc1cccc(OCCCF)c1S(=O)(=O)NC(=O)n1nc(N(C)C)n(C2CC2)c1=O. The number of amides is 1. The van der Waals surface area contributed by atoms with Crippen molar-refractivity contribution >= 4 is 22.0 Å². The van der Waals surface area contributed by atoms with Crippen molar-refractivity contribution in [2.75, 3.05) is 32.3 Å². The molecule has 0 bridgehead atoms. The highest BCUT2D eigenvalue weighted by Crippen LogP contribution is 2.36. The fourth-order valence-electron chi connectivity index (χ4n) is 3.16. The fraction of sp³-hybridized carbons (Fsp3) is 0.526. The fourth-order valence-corrected chi connectivity index (χ4v) is 4.53. The number of hydrogen-bond donors (Lipinski definition) is 1. The molecule has 170 valence electrons. The summed E-state index contributed by atoms with van der Waals surface area (Å²) in [5.74, 6) is 0.280. The number of hydrogen-bond acceptors (Lipinski definition) is 7. The van der Waals surface area contributed by atoms with E-state index in [1.54, 1.807) is 38.1 Å². The summed E-state index contributed by atoms with van der Waals surface area (Å²) in [6.07, 6.45) is 2.03. The maximum Gasteiger partial charge on any atom is 0.360 e. The number of sulfonamides is 1. The Morgan fingerprint density at radius 1 is 1.35 bits per heavy atom. The first-order chi connectivity index (χ1) is 14.7. The number of halogens is 1. The van der Waals surface area contributed by atoms with E-state index in [0.29, 0.717) is 16.7 Å². The quantitative estimate of drug-likeness (QED) is 0.572. The Labute approximate surface area is 179 Å². The second-order valence-electron chi connectivity index (χ2n) is 7.39. The predicted molar refractivity (Wildman–Crippen MR) is 112 cm³/mol. The van der Waals surface area contributed by atoms with Crippen LogP contribution >= 0.6 is 0 Å². The van der Waals surface area contributed by atoms with Crippen molar-refractivity contribution in [2.24, 2.45) is 0 Å². The zero-order valence-electron chi connectivity index (χ0n) is 17.7. The maximum atomic E-state index is 13.1. The molecule has 31 heavy (non-hydrogen) atoms. The first-order valence-corrected chi connectivity index (χ1v) is 11.5. The number of aromatic nitrogens is 3. The van der Waals surface area contributed by atoms with Crippen LogP contribution in [0, 0.1) is 0 Å². The number of aryl methyl sites for hydroxylation is 1. The Morgan fingerprint density at radius 2 is 2.06 bits per heavy atom. The van der Waals surface area contributed by atoms with Gasteiger partial charge in [0.1, 0.15) is 10.6 Å². The number of carbonyl (C=O) groups excluding carboxylic acids is 1. The summed E-state index contributed by atoms with van der Waals surface area (Å²) in [5, 5.41) is 4.02. The largest absolute Gasteiger partial charge is 0.492 e. The van der Waals surface area contributed by atoms with Crippen molar-refractivity contribution in [1.82, 2.24) is 19.1 Å². The third-order valence-corrected chi connectivity index (χ3v) is 6.21. The molecule has 0 aliphatic heterocycles. The molecule has 3 rings (SSSR count). The number of nitrogens with zero attached hydrogens (tertiary/aromatic N) is 4. The van der Waals surface area contributed by atoms with Crippen LogP contribution in [0.1, 0.15) is 37.8 Å². The van der Waals surface area contributed by atoms with Gasteiger partial charge in [-0.15, -0.1) is 9.78 Å². The number of anilines is 1. The third kappa shape index (κ3) is 4.73. The maximum absolute atomic E-state index is 13.1. The van der Waals surface area contributed by atoms with E-state index in [1.807, 2.05) is 4.72 Å². The second-order valence-corrected chi connectivity index (χ2v) is 9.01. The van der Waals surface area contributed by atoms with Crippen LogP contribution in [0.2, 0.25) is 0 Å². The molecule has 1 fully saturated rings. The van der Waals surface area contributed by atoms with Crippen LogP contribution in [-0.2, 0) is 16.4 Å². The summed E-state index contributed by atoms with van der Waals surface area (Å²) < 4.78 is 47.9. The predicted octanol–water partition coefficient (Wildman–Crippen LogP) is 1.69. The van der Waals surface area contributed by atoms with E-state index in [-0.39, 0.29) is 35.7 Å². The van der Waals surface area contributed by atoms with Gasteiger partial charge in [0, 0.05) is 26.6 Å². The lowest BCUT2D eigenvalue weighted by atomic mass is 10.1. The molecule has 12 heteroatoms. The molecule has 0 unspecified atom stereocenters.